The van der Waals surface area contributed by atoms with Crippen LogP contribution < -0.4 is 14.8 Å². The van der Waals surface area contributed by atoms with E-state index in [-0.39, 0.29) is 0 Å². The van der Waals surface area contributed by atoms with Crippen molar-refractivity contribution in [3.05, 3.63) is 66.7 Å². The Bertz CT molecular complexity index is 1040. The number of para-hydroxylation sites is 2. The maximum absolute atomic E-state index is 5.63. The van der Waals surface area contributed by atoms with Crippen molar-refractivity contribution < 1.29 is 4.74 Å². The molecule has 4 nitrogen and oxygen atoms in total. The van der Waals surface area contributed by atoms with Gasteiger partial charge in [0.15, 0.2) is 0 Å². The summed E-state index contributed by atoms with van der Waals surface area (Å²) in [6.07, 6.45) is 0. The Hall–Kier alpha value is -2.92. The Morgan fingerprint density at radius 1 is 0.926 bits per heavy atom. The highest BCUT2D eigenvalue weighted by molar-refractivity contribution is 8.00. The highest BCUT2D eigenvalue weighted by Gasteiger charge is 2.12. The molecule has 2 N–H and O–H groups in total. The molecule has 4 rings (SSSR count). The number of methoxy groups -OCH3 is 1. The number of fused-ring (bicyclic) bond motifs is 2. The standard InChI is InChI=1S/C22H21N3OS/c1-3-27-25-15-12-13-20(21(14-15)26-2)24-22-16-8-4-6-10-18(16)23-19-11-7-5-9-17(19)22/h4-14,25H,3H2,1-2H3,(H,23,24). The zero-order valence-electron chi connectivity index (χ0n) is 15.3. The zero-order valence-corrected chi connectivity index (χ0v) is 16.1. The highest BCUT2D eigenvalue weighted by Crippen LogP contribution is 2.37. The quantitative estimate of drug-likeness (QED) is 0.309. The number of hydrogen-bond donors (Lipinski definition) is 2. The molecule has 0 fully saturated rings. The Labute approximate surface area is 163 Å². The first-order chi connectivity index (χ1) is 13.3. The van der Waals surface area contributed by atoms with Crippen LogP contribution in [0.3, 0.4) is 0 Å². The molecule has 0 aliphatic rings. The molecule has 27 heavy (non-hydrogen) atoms. The van der Waals surface area contributed by atoms with Crippen molar-refractivity contribution >= 4 is 50.8 Å². The van der Waals surface area contributed by atoms with E-state index in [4.69, 9.17) is 9.72 Å². The first kappa shape index (κ1) is 17.5. The average molecular weight is 375 g/mol. The van der Waals surface area contributed by atoms with Crippen LogP contribution in [-0.2, 0) is 0 Å². The van der Waals surface area contributed by atoms with Crippen LogP contribution >= 0.6 is 11.9 Å². The Balaban J connectivity index is 1.83. The van der Waals surface area contributed by atoms with Gasteiger partial charge in [0.1, 0.15) is 5.75 Å². The molecule has 0 spiro atoms. The number of nitrogens with zero attached hydrogens (tertiary/aromatic N) is 1. The van der Waals surface area contributed by atoms with Crippen molar-refractivity contribution in [3.8, 4) is 5.75 Å². The number of benzene rings is 3. The number of pyridine rings is 1. The number of rotatable bonds is 6. The third kappa shape index (κ3) is 3.51. The number of nitrogens with one attached hydrogen (secondary N) is 2. The lowest BCUT2D eigenvalue weighted by atomic mass is 10.1. The van der Waals surface area contributed by atoms with Crippen molar-refractivity contribution in [3.63, 3.8) is 0 Å². The van der Waals surface area contributed by atoms with Crippen molar-refractivity contribution in [2.24, 2.45) is 0 Å². The van der Waals surface area contributed by atoms with E-state index in [2.05, 4.69) is 35.2 Å². The zero-order chi connectivity index (χ0) is 18.6. The van der Waals surface area contributed by atoms with Gasteiger partial charge in [0.25, 0.3) is 0 Å². The fourth-order valence-corrected chi connectivity index (χ4v) is 3.56. The summed E-state index contributed by atoms with van der Waals surface area (Å²) in [5.41, 5.74) is 4.92. The predicted molar refractivity (Wildman–Crippen MR) is 117 cm³/mol. The summed E-state index contributed by atoms with van der Waals surface area (Å²) in [6.45, 7) is 2.12. The van der Waals surface area contributed by atoms with Gasteiger partial charge in [-0.1, -0.05) is 55.3 Å². The molecule has 136 valence electrons. The van der Waals surface area contributed by atoms with E-state index in [9.17, 15) is 0 Å². The van der Waals surface area contributed by atoms with Gasteiger partial charge in [0, 0.05) is 28.3 Å². The van der Waals surface area contributed by atoms with Crippen molar-refractivity contribution in [1.82, 2.24) is 4.98 Å². The second-order valence-corrected chi connectivity index (χ2v) is 7.17. The number of anilines is 3. The van der Waals surface area contributed by atoms with E-state index in [1.807, 2.05) is 48.5 Å². The number of hydrogen-bond acceptors (Lipinski definition) is 5. The molecule has 5 heteroatoms. The Kier molecular flexibility index (Phi) is 5.03. The molecule has 0 atom stereocenters. The Morgan fingerprint density at radius 3 is 2.22 bits per heavy atom. The van der Waals surface area contributed by atoms with Gasteiger partial charge in [-0.2, -0.15) is 0 Å². The van der Waals surface area contributed by atoms with Gasteiger partial charge < -0.3 is 14.8 Å². The van der Waals surface area contributed by atoms with Gasteiger partial charge in [-0.05, 0) is 24.3 Å². The van der Waals surface area contributed by atoms with E-state index in [1.54, 1.807) is 19.1 Å². The summed E-state index contributed by atoms with van der Waals surface area (Å²) < 4.78 is 8.95. The van der Waals surface area contributed by atoms with Crippen LogP contribution in [0.1, 0.15) is 6.92 Å². The molecule has 4 aromatic rings. The molecule has 0 unspecified atom stereocenters. The summed E-state index contributed by atoms with van der Waals surface area (Å²) in [4.78, 5) is 4.79. The number of ether oxygens (including phenoxy) is 1. The highest BCUT2D eigenvalue weighted by atomic mass is 32.2. The van der Waals surface area contributed by atoms with Gasteiger partial charge in [0.05, 0.1) is 29.5 Å². The fourth-order valence-electron chi connectivity index (χ4n) is 3.12. The number of aromatic nitrogens is 1. The molecule has 0 aliphatic carbocycles. The van der Waals surface area contributed by atoms with E-state index < -0.39 is 0 Å². The van der Waals surface area contributed by atoms with Crippen molar-refractivity contribution in [2.75, 3.05) is 22.9 Å². The minimum Gasteiger partial charge on any atom is -0.494 e. The largest absolute Gasteiger partial charge is 0.494 e. The lowest BCUT2D eigenvalue weighted by molar-refractivity contribution is 0.417. The summed E-state index contributed by atoms with van der Waals surface area (Å²) in [5, 5.41) is 5.76. The predicted octanol–water partition coefficient (Wildman–Crippen LogP) is 6.22. The van der Waals surface area contributed by atoms with Gasteiger partial charge >= 0.3 is 0 Å². The van der Waals surface area contributed by atoms with Gasteiger partial charge in [-0.3, -0.25) is 0 Å². The monoisotopic (exact) mass is 375 g/mol. The summed E-state index contributed by atoms with van der Waals surface area (Å²) in [5.74, 6) is 1.79. The van der Waals surface area contributed by atoms with Crippen LogP contribution in [0.25, 0.3) is 21.8 Å². The molecule has 0 saturated heterocycles. The second-order valence-electron chi connectivity index (χ2n) is 6.10. The minimum absolute atomic E-state index is 0.793. The lowest BCUT2D eigenvalue weighted by Crippen LogP contribution is -1.98. The third-order valence-corrected chi connectivity index (χ3v) is 5.05. The molecule has 0 saturated carbocycles. The smallest absolute Gasteiger partial charge is 0.144 e. The molecule has 0 bridgehead atoms. The average Bonchev–Trinajstić information content (AvgIpc) is 2.72. The van der Waals surface area contributed by atoms with Gasteiger partial charge in [0.2, 0.25) is 0 Å². The normalized spacial score (nSPS) is 10.9. The summed E-state index contributed by atoms with van der Waals surface area (Å²) in [6, 6.07) is 22.5. The van der Waals surface area contributed by atoms with E-state index in [1.165, 1.54) is 0 Å². The molecular formula is C22H21N3OS. The lowest BCUT2D eigenvalue weighted by Gasteiger charge is -2.16. The van der Waals surface area contributed by atoms with Crippen molar-refractivity contribution in [2.45, 2.75) is 6.92 Å². The molecule has 1 aromatic heterocycles. The first-order valence-electron chi connectivity index (χ1n) is 8.90. The fraction of sp³-hybridized carbons (Fsp3) is 0.136. The molecule has 0 aliphatic heterocycles. The Morgan fingerprint density at radius 2 is 1.59 bits per heavy atom. The third-order valence-electron chi connectivity index (χ3n) is 4.38. The van der Waals surface area contributed by atoms with Crippen LogP contribution in [0.2, 0.25) is 0 Å². The van der Waals surface area contributed by atoms with Crippen LogP contribution in [0.5, 0.6) is 5.75 Å². The molecule has 0 radical (unpaired) electrons. The SMILES string of the molecule is CCSNc1ccc(Nc2c3ccccc3nc3ccccc23)c(OC)c1. The molecule has 3 aromatic carbocycles. The summed E-state index contributed by atoms with van der Waals surface area (Å²) >= 11 is 1.66. The van der Waals surface area contributed by atoms with E-state index in [0.717, 1.165) is 50.4 Å². The molecule has 1 heterocycles. The van der Waals surface area contributed by atoms with Crippen LogP contribution in [0.15, 0.2) is 66.7 Å². The van der Waals surface area contributed by atoms with Crippen molar-refractivity contribution in [1.29, 1.82) is 0 Å². The first-order valence-corrected chi connectivity index (χ1v) is 9.89. The summed E-state index contributed by atoms with van der Waals surface area (Å²) in [7, 11) is 1.69. The van der Waals surface area contributed by atoms with Crippen LogP contribution in [0.4, 0.5) is 17.1 Å². The van der Waals surface area contributed by atoms with Gasteiger partial charge in [-0.15, -0.1) is 0 Å². The van der Waals surface area contributed by atoms with E-state index >= 15 is 0 Å². The van der Waals surface area contributed by atoms with Crippen LogP contribution in [0, 0.1) is 0 Å². The maximum atomic E-state index is 5.63. The van der Waals surface area contributed by atoms with E-state index in [0.29, 0.717) is 0 Å². The molecule has 0 amide bonds. The maximum Gasteiger partial charge on any atom is 0.144 e. The minimum atomic E-state index is 0.793. The molecular weight excluding hydrogens is 354 g/mol. The topological polar surface area (TPSA) is 46.2 Å². The van der Waals surface area contributed by atoms with Gasteiger partial charge in [-0.25, -0.2) is 4.98 Å². The van der Waals surface area contributed by atoms with Crippen LogP contribution in [-0.4, -0.2) is 17.8 Å². The second kappa shape index (κ2) is 7.76.